The van der Waals surface area contributed by atoms with Gasteiger partial charge in [-0.1, -0.05) is 13.0 Å². The summed E-state index contributed by atoms with van der Waals surface area (Å²) in [5.74, 6) is 0.770. The van der Waals surface area contributed by atoms with E-state index in [0.717, 1.165) is 51.6 Å². The van der Waals surface area contributed by atoms with Crippen LogP contribution in [0, 0.1) is 5.92 Å². The molecule has 0 aliphatic carbocycles. The molecule has 2 saturated heterocycles. The average Bonchev–Trinajstić information content (AvgIpc) is 2.72. The van der Waals surface area contributed by atoms with E-state index in [1.807, 2.05) is 25.7 Å². The van der Waals surface area contributed by atoms with Gasteiger partial charge in [-0.25, -0.2) is 4.79 Å². The summed E-state index contributed by atoms with van der Waals surface area (Å²) in [7, 11) is 0. The van der Waals surface area contributed by atoms with Gasteiger partial charge in [-0.15, -0.1) is 0 Å². The first-order valence-electron chi connectivity index (χ1n) is 11.6. The van der Waals surface area contributed by atoms with Gasteiger partial charge in [0, 0.05) is 57.5 Å². The van der Waals surface area contributed by atoms with Gasteiger partial charge in [-0.3, -0.25) is 4.90 Å². The lowest BCUT2D eigenvalue weighted by atomic mass is 9.92. The molecule has 4 rings (SSSR count). The first kappa shape index (κ1) is 21.4. The Kier molecular flexibility index (Phi) is 6.26. The largest absolute Gasteiger partial charge is 0.444 e. The summed E-state index contributed by atoms with van der Waals surface area (Å²) >= 11 is 0. The molecule has 0 spiro atoms. The van der Waals surface area contributed by atoms with Crippen molar-refractivity contribution in [2.24, 2.45) is 5.92 Å². The van der Waals surface area contributed by atoms with Crippen molar-refractivity contribution in [3.8, 4) is 0 Å². The van der Waals surface area contributed by atoms with Crippen LogP contribution >= 0.6 is 0 Å². The summed E-state index contributed by atoms with van der Waals surface area (Å²) < 4.78 is 5.52. The minimum atomic E-state index is -0.438. The van der Waals surface area contributed by atoms with Gasteiger partial charge in [0.05, 0.1) is 0 Å². The van der Waals surface area contributed by atoms with E-state index in [-0.39, 0.29) is 6.09 Å². The molecular formula is C24H38N4O2. The fraction of sp³-hybridized carbons (Fsp3) is 0.708. The van der Waals surface area contributed by atoms with E-state index in [0.29, 0.717) is 19.1 Å². The monoisotopic (exact) mass is 414 g/mol. The van der Waals surface area contributed by atoms with E-state index < -0.39 is 5.60 Å². The normalized spacial score (nSPS) is 25.7. The smallest absolute Gasteiger partial charge is 0.410 e. The third kappa shape index (κ3) is 5.09. The van der Waals surface area contributed by atoms with Crippen LogP contribution in [0.2, 0.25) is 0 Å². The third-order valence-corrected chi connectivity index (χ3v) is 6.59. The lowest BCUT2D eigenvalue weighted by Gasteiger charge is -2.40. The molecule has 3 aliphatic rings. The zero-order valence-electron chi connectivity index (χ0n) is 19.1. The highest BCUT2D eigenvalue weighted by Gasteiger charge is 2.29. The fourth-order valence-electron chi connectivity index (χ4n) is 4.95. The van der Waals surface area contributed by atoms with Crippen molar-refractivity contribution in [1.29, 1.82) is 0 Å². The minimum Gasteiger partial charge on any atom is -0.444 e. The summed E-state index contributed by atoms with van der Waals surface area (Å²) in [5.41, 5.74) is 3.83. The van der Waals surface area contributed by atoms with Crippen LogP contribution in [0.5, 0.6) is 0 Å². The van der Waals surface area contributed by atoms with Gasteiger partial charge in [0.1, 0.15) is 5.60 Å². The van der Waals surface area contributed by atoms with E-state index in [1.54, 1.807) is 0 Å². The van der Waals surface area contributed by atoms with Gasteiger partial charge >= 0.3 is 6.09 Å². The van der Waals surface area contributed by atoms with Crippen LogP contribution in [-0.2, 0) is 17.7 Å². The van der Waals surface area contributed by atoms with Crippen molar-refractivity contribution in [2.45, 2.75) is 58.7 Å². The standard InChI is InChI=1S/C24H38N4O2/c1-18-13-22(16-25-15-18)28-8-7-19-14-21(6-5-20(19)17-28)26-9-11-27(12-10-26)23(29)30-24(2,3)4/h5-6,14,18,22,25H,7-13,15-17H2,1-4H3/t18-,22+/m1/s1. The number of carbonyl (C=O) groups excluding carboxylic acids is 1. The lowest BCUT2D eigenvalue weighted by molar-refractivity contribution is 0.0240. The molecule has 0 saturated carbocycles. The van der Waals surface area contributed by atoms with Gasteiger partial charge in [-0.05, 0) is 69.3 Å². The van der Waals surface area contributed by atoms with Crippen LogP contribution in [-0.4, -0.2) is 73.3 Å². The second-order valence-electron chi connectivity index (χ2n) is 10.3. The molecule has 166 valence electrons. The second-order valence-corrected chi connectivity index (χ2v) is 10.3. The minimum absolute atomic E-state index is 0.195. The number of rotatable bonds is 2. The number of fused-ring (bicyclic) bond motifs is 1. The van der Waals surface area contributed by atoms with Crippen molar-refractivity contribution in [2.75, 3.05) is 50.7 Å². The molecule has 1 aromatic rings. The summed E-state index contributed by atoms with van der Waals surface area (Å²) in [5, 5.41) is 3.60. The third-order valence-electron chi connectivity index (χ3n) is 6.59. The molecule has 3 aliphatic heterocycles. The first-order valence-corrected chi connectivity index (χ1v) is 11.6. The number of anilines is 1. The number of piperazine rings is 1. The number of carbonyl (C=O) groups is 1. The fourth-order valence-corrected chi connectivity index (χ4v) is 4.95. The Morgan fingerprint density at radius 3 is 2.53 bits per heavy atom. The lowest BCUT2D eigenvalue weighted by Crippen LogP contribution is -2.50. The Bertz CT molecular complexity index is 752. The SMILES string of the molecule is C[C@H]1CNC[C@@H](N2CCc3cc(N4CCN(C(=O)OC(C)(C)C)CC4)ccc3C2)C1. The number of nitrogens with zero attached hydrogens (tertiary/aromatic N) is 3. The quantitative estimate of drug-likeness (QED) is 0.806. The summed E-state index contributed by atoms with van der Waals surface area (Å²) in [6, 6.07) is 7.66. The zero-order valence-corrected chi connectivity index (χ0v) is 19.1. The van der Waals surface area contributed by atoms with Gasteiger partial charge in [0.2, 0.25) is 0 Å². The Morgan fingerprint density at radius 1 is 1.07 bits per heavy atom. The van der Waals surface area contributed by atoms with E-state index >= 15 is 0 Å². The van der Waals surface area contributed by atoms with Crippen molar-refractivity contribution >= 4 is 11.8 Å². The Labute approximate surface area is 181 Å². The molecule has 1 N–H and O–H groups in total. The highest BCUT2D eigenvalue weighted by atomic mass is 16.6. The van der Waals surface area contributed by atoms with Crippen LogP contribution < -0.4 is 10.2 Å². The molecule has 30 heavy (non-hydrogen) atoms. The maximum absolute atomic E-state index is 12.3. The van der Waals surface area contributed by atoms with Crippen LogP contribution in [0.15, 0.2) is 18.2 Å². The number of piperidine rings is 1. The van der Waals surface area contributed by atoms with Crippen molar-refractivity contribution in [3.05, 3.63) is 29.3 Å². The molecule has 1 amide bonds. The number of hydrogen-bond acceptors (Lipinski definition) is 5. The Hall–Kier alpha value is -1.79. The van der Waals surface area contributed by atoms with Crippen LogP contribution in [0.3, 0.4) is 0 Å². The van der Waals surface area contributed by atoms with Crippen LogP contribution in [0.1, 0.15) is 45.2 Å². The summed E-state index contributed by atoms with van der Waals surface area (Å²) in [4.78, 5) is 19.2. The average molecular weight is 415 g/mol. The molecule has 6 heteroatoms. The number of benzene rings is 1. The molecule has 3 heterocycles. The zero-order chi connectivity index (χ0) is 21.3. The number of amides is 1. The predicted octanol–water partition coefficient (Wildman–Crippen LogP) is 3.10. The Morgan fingerprint density at radius 2 is 1.83 bits per heavy atom. The highest BCUT2D eigenvalue weighted by Crippen LogP contribution is 2.28. The van der Waals surface area contributed by atoms with Crippen LogP contribution in [0.4, 0.5) is 10.5 Å². The molecule has 0 aromatic heterocycles. The first-order chi connectivity index (χ1) is 14.3. The van der Waals surface area contributed by atoms with Crippen LogP contribution in [0.25, 0.3) is 0 Å². The Balaban J connectivity index is 1.34. The van der Waals surface area contributed by atoms with Crippen molar-refractivity contribution in [3.63, 3.8) is 0 Å². The molecular weight excluding hydrogens is 376 g/mol. The summed E-state index contributed by atoms with van der Waals surface area (Å²) in [6.07, 6.45) is 2.24. The predicted molar refractivity (Wildman–Crippen MR) is 121 cm³/mol. The molecule has 0 unspecified atom stereocenters. The molecule has 0 bridgehead atoms. The molecule has 2 fully saturated rings. The molecule has 1 aromatic carbocycles. The van der Waals surface area contributed by atoms with Crippen molar-refractivity contribution in [1.82, 2.24) is 15.1 Å². The van der Waals surface area contributed by atoms with E-state index in [4.69, 9.17) is 4.74 Å². The van der Waals surface area contributed by atoms with E-state index in [2.05, 4.69) is 40.2 Å². The molecule has 0 radical (unpaired) electrons. The maximum atomic E-state index is 12.3. The van der Waals surface area contributed by atoms with Gasteiger partial charge in [-0.2, -0.15) is 0 Å². The second kappa shape index (κ2) is 8.75. The number of ether oxygens (including phenoxy) is 1. The van der Waals surface area contributed by atoms with Crippen molar-refractivity contribution < 1.29 is 9.53 Å². The summed E-state index contributed by atoms with van der Waals surface area (Å²) in [6.45, 7) is 15.8. The maximum Gasteiger partial charge on any atom is 0.410 e. The van der Waals surface area contributed by atoms with Gasteiger partial charge in [0.15, 0.2) is 0 Å². The topological polar surface area (TPSA) is 48.0 Å². The number of nitrogens with one attached hydrogen (secondary N) is 1. The molecule has 2 atom stereocenters. The van der Waals surface area contributed by atoms with E-state index in [1.165, 1.54) is 23.2 Å². The number of hydrogen-bond donors (Lipinski definition) is 1. The van der Waals surface area contributed by atoms with Gasteiger partial charge < -0.3 is 19.9 Å². The molecule has 6 nitrogen and oxygen atoms in total. The van der Waals surface area contributed by atoms with Gasteiger partial charge in [0.25, 0.3) is 0 Å². The highest BCUT2D eigenvalue weighted by molar-refractivity contribution is 5.68. The van der Waals surface area contributed by atoms with E-state index in [9.17, 15) is 4.79 Å².